The van der Waals surface area contributed by atoms with Gasteiger partial charge in [-0.1, -0.05) is 11.6 Å². The molecule has 5 saturated heterocycles. The van der Waals surface area contributed by atoms with Gasteiger partial charge in [0.15, 0.2) is 0 Å². The van der Waals surface area contributed by atoms with E-state index in [4.69, 9.17) is 11.6 Å². The van der Waals surface area contributed by atoms with Crippen molar-refractivity contribution in [3.05, 3.63) is 87.9 Å². The number of amides is 4. The quantitative estimate of drug-likeness (QED) is 0.361. The number of nitrogens with one attached hydrogen (secondary N) is 1. The van der Waals surface area contributed by atoms with Crippen LogP contribution in [0.3, 0.4) is 0 Å². The zero-order valence-electron chi connectivity index (χ0n) is 31.8. The molecule has 3 aromatic carbocycles. The number of hydrogen-bond acceptors (Lipinski definition) is 9. The van der Waals surface area contributed by atoms with E-state index in [9.17, 15) is 24.4 Å². The molecule has 6 aliphatic heterocycles. The predicted molar refractivity (Wildman–Crippen MR) is 214 cm³/mol. The van der Waals surface area contributed by atoms with Crippen LogP contribution in [0, 0.1) is 16.7 Å². The number of hydrogen-bond donors (Lipinski definition) is 1. The fourth-order valence-corrected chi connectivity index (χ4v) is 10.2. The third-order valence-electron chi connectivity index (χ3n) is 13.3. The van der Waals surface area contributed by atoms with Crippen molar-refractivity contribution < 1.29 is 19.2 Å². The molecule has 4 amide bonds. The van der Waals surface area contributed by atoms with E-state index in [-0.39, 0.29) is 29.6 Å². The number of carbonyl (C=O) groups is 4. The SMILES string of the molecule is C[C@H]1CC2(CCN(c3ccc(C(=O)N4CCN(C5CN(c6ccc7c(c6)CN(C6CCC(=O)NC6=O)C7=O)C5)CC4)cc3)CC2)CN1c1ccc(C#N)c(Cl)c1. The average Bonchev–Trinajstić information content (AvgIpc) is 3.69. The van der Waals surface area contributed by atoms with Crippen molar-refractivity contribution in [1.29, 1.82) is 5.26 Å². The van der Waals surface area contributed by atoms with Crippen LogP contribution in [0.25, 0.3) is 0 Å². The number of piperazine rings is 1. The lowest BCUT2D eigenvalue weighted by Gasteiger charge is -2.49. The summed E-state index contributed by atoms with van der Waals surface area (Å²) in [4.78, 5) is 64.0. The highest BCUT2D eigenvalue weighted by Gasteiger charge is 2.45. The maximum absolute atomic E-state index is 13.6. The van der Waals surface area contributed by atoms with Crippen LogP contribution < -0.4 is 20.0 Å². The van der Waals surface area contributed by atoms with Crippen LogP contribution >= 0.6 is 11.6 Å². The average molecular weight is 775 g/mol. The highest BCUT2D eigenvalue weighted by molar-refractivity contribution is 6.32. The topological polar surface area (TPSA) is 124 Å². The second-order valence-electron chi connectivity index (χ2n) is 16.6. The largest absolute Gasteiger partial charge is 0.371 e. The fourth-order valence-electron chi connectivity index (χ4n) is 9.98. The molecule has 0 radical (unpaired) electrons. The summed E-state index contributed by atoms with van der Waals surface area (Å²) in [6, 6.07) is 22.3. The standard InChI is InChI=1S/C43H47ClN8O4/c1-28-22-43(27-52(28)34-7-4-30(23-45)37(44)21-34)12-14-47(15-13-43)32-5-2-29(3-6-32)41(55)49-18-16-48(17-19-49)35-25-50(26-35)33-8-9-36-31(20-33)24-51(42(36)56)38-10-11-39(53)46-40(38)54/h2-9,20-21,28,35,38H,10-19,22,24-27H2,1H3,(H,46,53,54)/t28-,38?/m0/s1. The van der Waals surface area contributed by atoms with Gasteiger partial charge >= 0.3 is 0 Å². The minimum atomic E-state index is -0.610. The summed E-state index contributed by atoms with van der Waals surface area (Å²) in [6.45, 7) is 10.5. The van der Waals surface area contributed by atoms with Gasteiger partial charge in [0.25, 0.3) is 11.8 Å². The summed E-state index contributed by atoms with van der Waals surface area (Å²) >= 11 is 6.38. The van der Waals surface area contributed by atoms with Gasteiger partial charge in [-0.3, -0.25) is 29.4 Å². The molecule has 9 rings (SSSR count). The molecule has 0 aromatic heterocycles. The Balaban J connectivity index is 0.733. The van der Waals surface area contributed by atoms with Gasteiger partial charge in [0.1, 0.15) is 12.1 Å². The van der Waals surface area contributed by atoms with Crippen molar-refractivity contribution in [1.82, 2.24) is 20.0 Å². The first-order valence-electron chi connectivity index (χ1n) is 20.0. The van der Waals surface area contributed by atoms with E-state index in [1.807, 2.05) is 47.4 Å². The van der Waals surface area contributed by atoms with E-state index in [0.29, 0.717) is 54.3 Å². The predicted octanol–water partition coefficient (Wildman–Crippen LogP) is 4.50. The molecule has 0 saturated carbocycles. The van der Waals surface area contributed by atoms with E-state index in [2.05, 4.69) is 56.1 Å². The number of anilines is 3. The van der Waals surface area contributed by atoms with Crippen molar-refractivity contribution in [2.45, 2.75) is 63.7 Å². The van der Waals surface area contributed by atoms with Crippen molar-refractivity contribution in [2.75, 3.05) is 73.6 Å². The summed E-state index contributed by atoms with van der Waals surface area (Å²) < 4.78 is 0. The summed E-state index contributed by atoms with van der Waals surface area (Å²) in [6.07, 6.45) is 3.97. The molecule has 0 aliphatic carbocycles. The number of imide groups is 1. The molecule has 3 aromatic rings. The first kappa shape index (κ1) is 36.5. The Kier molecular flexibility index (Phi) is 9.41. The van der Waals surface area contributed by atoms with Gasteiger partial charge in [-0.15, -0.1) is 0 Å². The molecule has 6 aliphatic rings. The maximum atomic E-state index is 13.6. The van der Waals surface area contributed by atoms with E-state index in [1.165, 1.54) is 5.69 Å². The normalized spacial score (nSPS) is 24.0. The van der Waals surface area contributed by atoms with Gasteiger partial charge in [0, 0.05) is 112 Å². The molecule has 2 atom stereocenters. The second kappa shape index (κ2) is 14.4. The van der Waals surface area contributed by atoms with E-state index in [1.54, 1.807) is 4.90 Å². The highest BCUT2D eigenvalue weighted by atomic mass is 35.5. The Hall–Kier alpha value is -5.12. The van der Waals surface area contributed by atoms with Crippen molar-refractivity contribution in [3.63, 3.8) is 0 Å². The smallest absolute Gasteiger partial charge is 0.255 e. The number of benzene rings is 3. The number of carbonyl (C=O) groups excluding carboxylic acids is 4. The van der Waals surface area contributed by atoms with Gasteiger partial charge in [0.05, 0.1) is 10.6 Å². The Morgan fingerprint density at radius 1 is 0.857 bits per heavy atom. The molecule has 12 nitrogen and oxygen atoms in total. The van der Waals surface area contributed by atoms with Gasteiger partial charge in [-0.05, 0) is 104 Å². The Bertz CT molecular complexity index is 2110. The first-order chi connectivity index (χ1) is 27.1. The number of nitriles is 1. The third kappa shape index (κ3) is 6.64. The van der Waals surface area contributed by atoms with E-state index in [0.717, 1.165) is 87.6 Å². The lowest BCUT2D eigenvalue weighted by atomic mass is 9.76. The summed E-state index contributed by atoms with van der Waals surface area (Å²) in [5.41, 5.74) is 6.39. The molecular weight excluding hydrogens is 728 g/mol. The second-order valence-corrected chi connectivity index (χ2v) is 17.0. The summed E-state index contributed by atoms with van der Waals surface area (Å²) in [5.74, 6) is -0.740. The Morgan fingerprint density at radius 2 is 1.57 bits per heavy atom. The van der Waals surface area contributed by atoms with Crippen LogP contribution in [0.2, 0.25) is 5.02 Å². The minimum absolute atomic E-state index is 0.0889. The number of fused-ring (bicyclic) bond motifs is 1. The highest BCUT2D eigenvalue weighted by Crippen LogP contribution is 2.46. The van der Waals surface area contributed by atoms with Gasteiger partial charge < -0.3 is 24.5 Å². The molecule has 6 heterocycles. The molecule has 290 valence electrons. The maximum Gasteiger partial charge on any atom is 0.255 e. The molecule has 5 fully saturated rings. The van der Waals surface area contributed by atoms with E-state index < -0.39 is 11.9 Å². The van der Waals surface area contributed by atoms with Gasteiger partial charge in [0.2, 0.25) is 11.8 Å². The molecule has 13 heteroatoms. The number of piperidine rings is 2. The zero-order chi connectivity index (χ0) is 38.7. The number of rotatable bonds is 6. The van der Waals surface area contributed by atoms with Crippen molar-refractivity contribution >= 4 is 52.3 Å². The van der Waals surface area contributed by atoms with Gasteiger partial charge in [-0.25, -0.2) is 0 Å². The molecule has 1 spiro atoms. The monoisotopic (exact) mass is 774 g/mol. The zero-order valence-corrected chi connectivity index (χ0v) is 32.5. The first-order valence-corrected chi connectivity index (χ1v) is 20.3. The van der Waals surface area contributed by atoms with Crippen LogP contribution in [0.1, 0.15) is 70.9 Å². The molecule has 56 heavy (non-hydrogen) atoms. The fraction of sp³-hybridized carbons (Fsp3) is 0.465. The number of halogens is 1. The van der Waals surface area contributed by atoms with E-state index >= 15 is 0 Å². The molecule has 1 N–H and O–H groups in total. The Labute approximate surface area is 332 Å². The van der Waals surface area contributed by atoms with Crippen LogP contribution in [-0.2, 0) is 16.1 Å². The summed E-state index contributed by atoms with van der Waals surface area (Å²) in [5, 5.41) is 12.2. The molecule has 0 bridgehead atoms. The molecule has 1 unspecified atom stereocenters. The van der Waals surface area contributed by atoms with Crippen LogP contribution in [0.5, 0.6) is 0 Å². The van der Waals surface area contributed by atoms with Crippen LogP contribution in [-0.4, -0.2) is 115 Å². The minimum Gasteiger partial charge on any atom is -0.371 e. The van der Waals surface area contributed by atoms with Crippen LogP contribution in [0.15, 0.2) is 60.7 Å². The summed E-state index contributed by atoms with van der Waals surface area (Å²) in [7, 11) is 0. The Morgan fingerprint density at radius 3 is 2.27 bits per heavy atom. The third-order valence-corrected chi connectivity index (χ3v) is 13.6. The van der Waals surface area contributed by atoms with Gasteiger partial charge in [-0.2, -0.15) is 5.26 Å². The van der Waals surface area contributed by atoms with Crippen LogP contribution in [0.4, 0.5) is 17.1 Å². The van der Waals surface area contributed by atoms with Crippen molar-refractivity contribution in [3.8, 4) is 6.07 Å². The van der Waals surface area contributed by atoms with Crippen molar-refractivity contribution in [2.24, 2.45) is 5.41 Å². The lowest BCUT2D eigenvalue weighted by Crippen LogP contribution is -2.63. The molecular formula is C43H47ClN8O4. The lowest BCUT2D eigenvalue weighted by molar-refractivity contribution is -0.136. The number of nitrogens with zero attached hydrogens (tertiary/aromatic N) is 7.